The maximum atomic E-state index is 13.4. The SMILES string of the molecule is COc1cc2ncnc(N3CCN(c4ncc(Nc5ccc(F)c(F)c5)cn4)CC3)c2cc1OC. The van der Waals surface area contributed by atoms with Crippen molar-refractivity contribution in [2.24, 2.45) is 0 Å². The molecule has 0 bridgehead atoms. The lowest BCUT2D eigenvalue weighted by atomic mass is 10.2. The van der Waals surface area contributed by atoms with E-state index in [1.54, 1.807) is 32.9 Å². The van der Waals surface area contributed by atoms with Crippen molar-refractivity contribution in [3.05, 3.63) is 60.7 Å². The summed E-state index contributed by atoms with van der Waals surface area (Å²) >= 11 is 0. The first-order valence-electron chi connectivity index (χ1n) is 11.0. The normalized spacial score (nSPS) is 13.7. The Balaban J connectivity index is 1.27. The van der Waals surface area contributed by atoms with Crippen molar-refractivity contribution in [3.8, 4) is 11.5 Å². The van der Waals surface area contributed by atoms with E-state index in [-0.39, 0.29) is 0 Å². The summed E-state index contributed by atoms with van der Waals surface area (Å²) in [6, 6.07) is 7.36. The van der Waals surface area contributed by atoms with Crippen LogP contribution in [0.4, 0.5) is 31.9 Å². The molecule has 0 atom stereocenters. The summed E-state index contributed by atoms with van der Waals surface area (Å²) in [6.07, 6.45) is 4.79. The molecule has 0 aliphatic carbocycles. The zero-order valence-corrected chi connectivity index (χ0v) is 19.2. The van der Waals surface area contributed by atoms with Gasteiger partial charge in [0.1, 0.15) is 12.1 Å². The van der Waals surface area contributed by atoms with Gasteiger partial charge in [0.15, 0.2) is 23.1 Å². The average molecular weight is 479 g/mol. The highest BCUT2D eigenvalue weighted by Gasteiger charge is 2.22. The maximum absolute atomic E-state index is 13.4. The number of aromatic nitrogens is 4. The van der Waals surface area contributed by atoms with Crippen LogP contribution in [-0.2, 0) is 0 Å². The van der Waals surface area contributed by atoms with Crippen molar-refractivity contribution in [1.82, 2.24) is 19.9 Å². The van der Waals surface area contributed by atoms with Crippen LogP contribution in [0.25, 0.3) is 10.9 Å². The molecule has 1 fully saturated rings. The molecule has 4 aromatic rings. The molecule has 0 radical (unpaired) electrons. The topological polar surface area (TPSA) is 88.5 Å². The molecule has 11 heteroatoms. The molecular formula is C24H23F2N7O2. The van der Waals surface area contributed by atoms with Gasteiger partial charge in [0.2, 0.25) is 5.95 Å². The maximum Gasteiger partial charge on any atom is 0.225 e. The van der Waals surface area contributed by atoms with Gasteiger partial charge in [-0.15, -0.1) is 0 Å². The van der Waals surface area contributed by atoms with Gasteiger partial charge < -0.3 is 24.6 Å². The van der Waals surface area contributed by atoms with E-state index in [0.717, 1.165) is 41.9 Å². The fraction of sp³-hybridized carbons (Fsp3) is 0.250. The summed E-state index contributed by atoms with van der Waals surface area (Å²) in [5, 5.41) is 3.86. The zero-order chi connectivity index (χ0) is 24.4. The predicted octanol–water partition coefficient (Wildman–Crippen LogP) is 3.79. The largest absolute Gasteiger partial charge is 0.493 e. The van der Waals surface area contributed by atoms with Gasteiger partial charge in [-0.05, 0) is 18.2 Å². The third kappa shape index (κ3) is 4.57. The number of hydrogen-bond donors (Lipinski definition) is 1. The number of methoxy groups -OCH3 is 2. The van der Waals surface area contributed by atoms with Gasteiger partial charge in [0, 0.05) is 49.4 Å². The molecule has 2 aromatic carbocycles. The van der Waals surface area contributed by atoms with Gasteiger partial charge in [0.25, 0.3) is 0 Å². The Morgan fingerprint density at radius 2 is 1.46 bits per heavy atom. The van der Waals surface area contributed by atoms with Crippen LogP contribution in [0.3, 0.4) is 0 Å². The van der Waals surface area contributed by atoms with Crippen LogP contribution < -0.4 is 24.6 Å². The van der Waals surface area contributed by atoms with E-state index in [0.29, 0.717) is 41.9 Å². The molecule has 1 aliphatic rings. The number of nitrogens with zero attached hydrogens (tertiary/aromatic N) is 6. The van der Waals surface area contributed by atoms with Crippen LogP contribution in [0.5, 0.6) is 11.5 Å². The smallest absolute Gasteiger partial charge is 0.225 e. The Labute approximate surface area is 200 Å². The molecule has 0 spiro atoms. The molecule has 9 nitrogen and oxygen atoms in total. The highest BCUT2D eigenvalue weighted by atomic mass is 19.2. The van der Waals surface area contributed by atoms with E-state index >= 15 is 0 Å². The second-order valence-corrected chi connectivity index (χ2v) is 7.92. The number of rotatable bonds is 6. The second-order valence-electron chi connectivity index (χ2n) is 7.92. The first-order valence-corrected chi connectivity index (χ1v) is 11.0. The summed E-state index contributed by atoms with van der Waals surface area (Å²) < 4.78 is 37.4. The van der Waals surface area contributed by atoms with Crippen LogP contribution in [-0.4, -0.2) is 60.3 Å². The molecular weight excluding hydrogens is 456 g/mol. The molecule has 0 unspecified atom stereocenters. The van der Waals surface area contributed by atoms with E-state index in [4.69, 9.17) is 9.47 Å². The van der Waals surface area contributed by atoms with Gasteiger partial charge in [-0.25, -0.2) is 28.7 Å². The van der Waals surface area contributed by atoms with E-state index in [2.05, 4.69) is 35.1 Å². The van der Waals surface area contributed by atoms with E-state index in [1.165, 1.54) is 6.07 Å². The summed E-state index contributed by atoms with van der Waals surface area (Å²) in [5.41, 5.74) is 1.78. The number of nitrogens with one attached hydrogen (secondary N) is 1. The molecule has 1 aliphatic heterocycles. The lowest BCUT2D eigenvalue weighted by molar-refractivity contribution is 0.356. The molecule has 1 saturated heterocycles. The first kappa shape index (κ1) is 22.5. The standard InChI is InChI=1S/C24H23F2N7O2/c1-34-21-10-17-20(11-22(21)35-2)29-14-30-23(17)32-5-7-33(8-6-32)24-27-12-16(13-28-24)31-15-3-4-18(25)19(26)9-15/h3-4,9-14,31H,5-8H2,1-2H3. The van der Waals surface area contributed by atoms with Crippen molar-refractivity contribution in [3.63, 3.8) is 0 Å². The fourth-order valence-corrected chi connectivity index (χ4v) is 4.03. The van der Waals surface area contributed by atoms with Crippen LogP contribution >= 0.6 is 0 Å². The monoisotopic (exact) mass is 479 g/mol. The molecule has 2 aromatic heterocycles. The Hall–Kier alpha value is -4.28. The van der Waals surface area contributed by atoms with Crippen LogP contribution in [0, 0.1) is 11.6 Å². The molecule has 0 saturated carbocycles. The summed E-state index contributed by atoms with van der Waals surface area (Å²) in [4.78, 5) is 22.1. The highest BCUT2D eigenvalue weighted by molar-refractivity contribution is 5.92. The molecule has 5 rings (SSSR count). The number of piperazine rings is 1. The molecule has 180 valence electrons. The quantitative estimate of drug-likeness (QED) is 0.444. The van der Waals surface area contributed by atoms with Crippen molar-refractivity contribution in [2.45, 2.75) is 0 Å². The molecule has 3 heterocycles. The molecule has 35 heavy (non-hydrogen) atoms. The average Bonchev–Trinajstić information content (AvgIpc) is 2.90. The Morgan fingerprint density at radius 3 is 2.14 bits per heavy atom. The van der Waals surface area contributed by atoms with E-state index in [1.807, 2.05) is 12.1 Å². The van der Waals surface area contributed by atoms with Crippen LogP contribution in [0.15, 0.2) is 49.1 Å². The van der Waals surface area contributed by atoms with Gasteiger partial charge in [-0.2, -0.15) is 0 Å². The lowest BCUT2D eigenvalue weighted by Crippen LogP contribution is -2.47. The minimum Gasteiger partial charge on any atom is -0.493 e. The number of fused-ring (bicyclic) bond motifs is 1. The Kier molecular flexibility index (Phi) is 6.13. The number of hydrogen-bond acceptors (Lipinski definition) is 9. The van der Waals surface area contributed by atoms with Crippen molar-refractivity contribution in [1.29, 1.82) is 0 Å². The minimum absolute atomic E-state index is 0.417. The second kappa shape index (κ2) is 9.53. The first-order chi connectivity index (χ1) is 17.1. The van der Waals surface area contributed by atoms with Gasteiger partial charge in [-0.3, -0.25) is 0 Å². The number of anilines is 4. The summed E-state index contributed by atoms with van der Waals surface area (Å²) in [6.45, 7) is 2.85. The fourth-order valence-electron chi connectivity index (χ4n) is 4.03. The number of ether oxygens (including phenoxy) is 2. The van der Waals surface area contributed by atoms with Crippen LogP contribution in [0.1, 0.15) is 0 Å². The van der Waals surface area contributed by atoms with Crippen LogP contribution in [0.2, 0.25) is 0 Å². The van der Waals surface area contributed by atoms with Crippen molar-refractivity contribution in [2.75, 3.05) is 55.5 Å². The summed E-state index contributed by atoms with van der Waals surface area (Å²) in [7, 11) is 3.20. The Bertz CT molecular complexity index is 1350. The number of benzene rings is 2. The van der Waals surface area contributed by atoms with Gasteiger partial charge >= 0.3 is 0 Å². The molecule has 1 N–H and O–H groups in total. The van der Waals surface area contributed by atoms with Gasteiger partial charge in [0.05, 0.1) is 37.8 Å². The lowest BCUT2D eigenvalue weighted by Gasteiger charge is -2.35. The third-order valence-electron chi connectivity index (χ3n) is 5.83. The molecule has 0 amide bonds. The highest BCUT2D eigenvalue weighted by Crippen LogP contribution is 2.35. The third-order valence-corrected chi connectivity index (χ3v) is 5.83. The Morgan fingerprint density at radius 1 is 0.771 bits per heavy atom. The van der Waals surface area contributed by atoms with Crippen molar-refractivity contribution < 1.29 is 18.3 Å². The summed E-state index contributed by atoms with van der Waals surface area (Å²) in [5.74, 6) is 0.867. The van der Waals surface area contributed by atoms with Crippen molar-refractivity contribution >= 4 is 34.0 Å². The van der Waals surface area contributed by atoms with Gasteiger partial charge in [-0.1, -0.05) is 0 Å². The number of halogens is 2. The van der Waals surface area contributed by atoms with E-state index < -0.39 is 11.6 Å². The predicted molar refractivity (Wildman–Crippen MR) is 129 cm³/mol. The zero-order valence-electron chi connectivity index (χ0n) is 19.2. The minimum atomic E-state index is -0.917. The van der Waals surface area contributed by atoms with E-state index in [9.17, 15) is 8.78 Å².